The van der Waals surface area contributed by atoms with E-state index in [1.807, 2.05) is 24.4 Å². The minimum absolute atomic E-state index is 0.409. The van der Waals surface area contributed by atoms with Crippen LogP contribution in [0.15, 0.2) is 17.5 Å². The molecule has 3 heteroatoms. The molecule has 1 aromatic rings. The number of aliphatic hydroxyl groups is 1. The summed E-state index contributed by atoms with van der Waals surface area (Å²) in [4.78, 5) is 1.01. The van der Waals surface area contributed by atoms with Gasteiger partial charge in [0.25, 0.3) is 0 Å². The van der Waals surface area contributed by atoms with Crippen LogP contribution in [0.2, 0.25) is 0 Å². The third-order valence-electron chi connectivity index (χ3n) is 1.91. The standard InChI is InChI=1S/C10H17NOS/c1-8(2)11-7-10(3,12)9-5-4-6-13-9/h4-6,8,11-12H,7H2,1-3H3. The molecular formula is C10H17NOS. The van der Waals surface area contributed by atoms with Crippen molar-refractivity contribution in [2.75, 3.05) is 6.54 Å². The van der Waals surface area contributed by atoms with E-state index in [-0.39, 0.29) is 0 Å². The molecule has 13 heavy (non-hydrogen) atoms. The molecule has 0 saturated carbocycles. The van der Waals surface area contributed by atoms with Crippen molar-refractivity contribution in [2.24, 2.45) is 0 Å². The molecule has 2 nitrogen and oxygen atoms in total. The molecule has 2 N–H and O–H groups in total. The van der Waals surface area contributed by atoms with Crippen LogP contribution in [0.5, 0.6) is 0 Å². The summed E-state index contributed by atoms with van der Waals surface area (Å²) in [5.74, 6) is 0. The highest BCUT2D eigenvalue weighted by atomic mass is 32.1. The van der Waals surface area contributed by atoms with E-state index in [0.717, 1.165) is 4.88 Å². The fraction of sp³-hybridized carbons (Fsp3) is 0.600. The van der Waals surface area contributed by atoms with Crippen molar-refractivity contribution >= 4 is 11.3 Å². The van der Waals surface area contributed by atoms with Gasteiger partial charge in [-0.1, -0.05) is 19.9 Å². The maximum absolute atomic E-state index is 10.1. The fourth-order valence-electron chi connectivity index (χ4n) is 1.07. The highest BCUT2D eigenvalue weighted by molar-refractivity contribution is 7.10. The van der Waals surface area contributed by atoms with Gasteiger partial charge in [-0.05, 0) is 18.4 Å². The van der Waals surface area contributed by atoms with E-state index in [9.17, 15) is 5.11 Å². The van der Waals surface area contributed by atoms with Crippen molar-refractivity contribution < 1.29 is 5.11 Å². The molecule has 0 spiro atoms. The van der Waals surface area contributed by atoms with Crippen LogP contribution < -0.4 is 5.32 Å². The zero-order valence-corrected chi connectivity index (χ0v) is 9.19. The van der Waals surface area contributed by atoms with Gasteiger partial charge in [0, 0.05) is 17.5 Å². The van der Waals surface area contributed by atoms with Crippen LogP contribution in [0, 0.1) is 0 Å². The number of hydrogen-bond donors (Lipinski definition) is 2. The third kappa shape index (κ3) is 3.10. The minimum atomic E-state index is -0.738. The van der Waals surface area contributed by atoms with Crippen LogP contribution in [0.3, 0.4) is 0 Å². The predicted octanol–water partition coefficient (Wildman–Crippen LogP) is 1.95. The molecule has 0 saturated heterocycles. The van der Waals surface area contributed by atoms with Gasteiger partial charge in [-0.15, -0.1) is 11.3 Å². The van der Waals surface area contributed by atoms with Gasteiger partial charge < -0.3 is 10.4 Å². The zero-order chi connectivity index (χ0) is 9.90. The Morgan fingerprint density at radius 2 is 2.31 bits per heavy atom. The normalized spacial score (nSPS) is 16.1. The lowest BCUT2D eigenvalue weighted by atomic mass is 10.1. The summed E-state index contributed by atoms with van der Waals surface area (Å²) in [5.41, 5.74) is -0.738. The number of thiophene rings is 1. The second-order valence-electron chi connectivity index (χ2n) is 3.79. The Morgan fingerprint density at radius 3 is 2.77 bits per heavy atom. The Hall–Kier alpha value is -0.380. The Labute approximate surface area is 83.6 Å². The lowest BCUT2D eigenvalue weighted by molar-refractivity contribution is 0.0587. The van der Waals surface area contributed by atoms with Crippen molar-refractivity contribution in [3.05, 3.63) is 22.4 Å². The smallest absolute Gasteiger partial charge is 0.108 e. The van der Waals surface area contributed by atoms with E-state index in [1.165, 1.54) is 0 Å². The quantitative estimate of drug-likeness (QED) is 0.777. The van der Waals surface area contributed by atoms with Gasteiger partial charge in [-0.25, -0.2) is 0 Å². The van der Waals surface area contributed by atoms with Gasteiger partial charge in [0.05, 0.1) is 0 Å². The van der Waals surface area contributed by atoms with E-state index in [2.05, 4.69) is 19.2 Å². The summed E-state index contributed by atoms with van der Waals surface area (Å²) in [6.45, 7) is 6.59. The molecule has 0 fully saturated rings. The Morgan fingerprint density at radius 1 is 1.62 bits per heavy atom. The molecule has 1 unspecified atom stereocenters. The molecule has 0 amide bonds. The molecule has 1 atom stereocenters. The molecule has 0 aliphatic carbocycles. The molecule has 1 heterocycles. The average Bonchev–Trinajstić information content (AvgIpc) is 2.53. The first-order valence-electron chi connectivity index (χ1n) is 4.52. The van der Waals surface area contributed by atoms with Crippen molar-refractivity contribution in [1.82, 2.24) is 5.32 Å². The summed E-state index contributed by atoms with van der Waals surface area (Å²) in [6.07, 6.45) is 0. The fourth-order valence-corrected chi connectivity index (χ4v) is 1.86. The summed E-state index contributed by atoms with van der Waals surface area (Å²) >= 11 is 1.59. The summed E-state index contributed by atoms with van der Waals surface area (Å²) in [5, 5.41) is 15.3. The van der Waals surface area contributed by atoms with Crippen molar-refractivity contribution in [3.8, 4) is 0 Å². The lowest BCUT2D eigenvalue weighted by Gasteiger charge is -2.23. The maximum Gasteiger partial charge on any atom is 0.108 e. The minimum Gasteiger partial charge on any atom is -0.383 e. The number of rotatable bonds is 4. The van der Waals surface area contributed by atoms with Crippen LogP contribution in [-0.4, -0.2) is 17.7 Å². The molecule has 0 aromatic carbocycles. The average molecular weight is 199 g/mol. The van der Waals surface area contributed by atoms with E-state index >= 15 is 0 Å². The van der Waals surface area contributed by atoms with Crippen molar-refractivity contribution in [2.45, 2.75) is 32.4 Å². The zero-order valence-electron chi connectivity index (χ0n) is 8.37. The topological polar surface area (TPSA) is 32.3 Å². The van der Waals surface area contributed by atoms with E-state index in [4.69, 9.17) is 0 Å². The van der Waals surface area contributed by atoms with Crippen LogP contribution in [-0.2, 0) is 5.60 Å². The van der Waals surface area contributed by atoms with E-state index < -0.39 is 5.60 Å². The first-order chi connectivity index (χ1) is 6.02. The molecular weight excluding hydrogens is 182 g/mol. The second kappa shape index (κ2) is 4.22. The van der Waals surface area contributed by atoms with Gasteiger partial charge in [-0.2, -0.15) is 0 Å². The predicted molar refractivity (Wildman–Crippen MR) is 57.0 cm³/mol. The van der Waals surface area contributed by atoms with E-state index in [1.54, 1.807) is 11.3 Å². The molecule has 1 aromatic heterocycles. The SMILES string of the molecule is CC(C)NCC(C)(O)c1cccs1. The van der Waals surface area contributed by atoms with Gasteiger partial charge in [0.15, 0.2) is 0 Å². The number of hydrogen-bond acceptors (Lipinski definition) is 3. The van der Waals surface area contributed by atoms with Gasteiger partial charge in [0.1, 0.15) is 5.60 Å². The van der Waals surface area contributed by atoms with Gasteiger partial charge in [-0.3, -0.25) is 0 Å². The van der Waals surface area contributed by atoms with Crippen molar-refractivity contribution in [3.63, 3.8) is 0 Å². The van der Waals surface area contributed by atoms with Crippen LogP contribution in [0.1, 0.15) is 25.6 Å². The number of nitrogens with one attached hydrogen (secondary N) is 1. The molecule has 74 valence electrons. The van der Waals surface area contributed by atoms with Crippen LogP contribution in [0.4, 0.5) is 0 Å². The summed E-state index contributed by atoms with van der Waals surface area (Å²) in [7, 11) is 0. The highest BCUT2D eigenvalue weighted by Crippen LogP contribution is 2.24. The van der Waals surface area contributed by atoms with Gasteiger partial charge >= 0.3 is 0 Å². The third-order valence-corrected chi connectivity index (χ3v) is 3.03. The molecule has 0 aliphatic rings. The second-order valence-corrected chi connectivity index (χ2v) is 4.73. The first-order valence-corrected chi connectivity index (χ1v) is 5.40. The first kappa shape index (κ1) is 10.7. The monoisotopic (exact) mass is 199 g/mol. The lowest BCUT2D eigenvalue weighted by Crippen LogP contribution is -2.38. The van der Waals surface area contributed by atoms with Crippen LogP contribution in [0.25, 0.3) is 0 Å². The van der Waals surface area contributed by atoms with Crippen LogP contribution >= 0.6 is 11.3 Å². The maximum atomic E-state index is 10.1. The van der Waals surface area contributed by atoms with Crippen molar-refractivity contribution in [1.29, 1.82) is 0 Å². The highest BCUT2D eigenvalue weighted by Gasteiger charge is 2.23. The summed E-state index contributed by atoms with van der Waals surface area (Å²) in [6, 6.07) is 4.34. The Balaban J connectivity index is 2.56. The Kier molecular flexibility index (Phi) is 3.47. The summed E-state index contributed by atoms with van der Waals surface area (Å²) < 4.78 is 0. The molecule has 1 rings (SSSR count). The Bertz CT molecular complexity index is 241. The molecule has 0 bridgehead atoms. The largest absolute Gasteiger partial charge is 0.383 e. The molecule has 0 radical (unpaired) electrons. The van der Waals surface area contributed by atoms with E-state index in [0.29, 0.717) is 12.6 Å². The molecule has 0 aliphatic heterocycles. The van der Waals surface area contributed by atoms with Gasteiger partial charge in [0.2, 0.25) is 0 Å².